The van der Waals surface area contributed by atoms with Gasteiger partial charge in [-0.1, -0.05) is 11.6 Å². The van der Waals surface area contributed by atoms with Gasteiger partial charge in [0.15, 0.2) is 0 Å². The molecule has 9 heteroatoms. The van der Waals surface area contributed by atoms with E-state index in [1.54, 1.807) is 6.92 Å². The van der Waals surface area contributed by atoms with Gasteiger partial charge in [-0.2, -0.15) is 4.08 Å². The minimum atomic E-state index is -3.75. The van der Waals surface area contributed by atoms with Crippen molar-refractivity contribution in [2.45, 2.75) is 6.92 Å². The molecule has 1 atom stereocenters. The van der Waals surface area contributed by atoms with Gasteiger partial charge in [-0.25, -0.2) is 8.42 Å². The number of sulfonamides is 1. The standard InChI is InChI=1S/C9H13ClNO4PS2/c1-3-15-16(12,17)11(18(2,13)14)9-6-4-8(10)5-7-9/h4-7H,3H2,1-2H3,(H,12,17). The number of nitrogens with zero attached hydrogens (tertiary/aromatic N) is 1. The lowest BCUT2D eigenvalue weighted by Gasteiger charge is -2.29. The van der Waals surface area contributed by atoms with E-state index in [4.69, 9.17) is 27.9 Å². The van der Waals surface area contributed by atoms with Gasteiger partial charge in [0.25, 0.3) is 0 Å². The van der Waals surface area contributed by atoms with Gasteiger partial charge in [0, 0.05) is 5.02 Å². The molecular weight excluding hydrogens is 317 g/mol. The van der Waals surface area contributed by atoms with E-state index in [0.717, 1.165) is 10.3 Å². The summed E-state index contributed by atoms with van der Waals surface area (Å²) in [5, 5.41) is 0.454. The molecule has 0 fully saturated rings. The third-order valence-corrected chi connectivity index (χ3v) is 6.93. The Morgan fingerprint density at radius 2 is 1.94 bits per heavy atom. The predicted octanol–water partition coefficient (Wildman–Crippen LogP) is 2.36. The highest BCUT2D eigenvalue weighted by molar-refractivity contribution is 8.17. The summed E-state index contributed by atoms with van der Waals surface area (Å²) in [6.45, 7) is -1.88. The molecule has 0 bridgehead atoms. The minimum Gasteiger partial charge on any atom is -0.329 e. The molecule has 5 nitrogen and oxygen atoms in total. The van der Waals surface area contributed by atoms with Crippen LogP contribution in [0.5, 0.6) is 0 Å². The van der Waals surface area contributed by atoms with Crippen molar-refractivity contribution in [1.29, 1.82) is 0 Å². The zero-order valence-electron chi connectivity index (χ0n) is 9.78. The molecule has 1 aromatic carbocycles. The molecule has 0 radical (unpaired) electrons. The van der Waals surface area contributed by atoms with Crippen LogP contribution in [0.3, 0.4) is 0 Å². The maximum absolute atomic E-state index is 11.8. The molecule has 0 spiro atoms. The molecule has 0 amide bonds. The highest BCUT2D eigenvalue weighted by Crippen LogP contribution is 2.51. The zero-order chi connectivity index (χ0) is 14.0. The number of rotatable bonds is 5. The second kappa shape index (κ2) is 5.86. The van der Waals surface area contributed by atoms with Crippen LogP contribution in [0.1, 0.15) is 6.92 Å². The van der Waals surface area contributed by atoms with Gasteiger partial charge < -0.3 is 9.42 Å². The molecule has 1 unspecified atom stereocenters. The first-order valence-electron chi connectivity index (χ1n) is 4.92. The SMILES string of the molecule is CCOP(O)(=S)N(c1ccc(Cl)cc1)S(C)(=O)=O. The summed E-state index contributed by atoms with van der Waals surface area (Å²) in [5.74, 6) is 0. The van der Waals surface area contributed by atoms with E-state index in [-0.39, 0.29) is 12.3 Å². The van der Waals surface area contributed by atoms with E-state index in [0.29, 0.717) is 5.02 Å². The lowest BCUT2D eigenvalue weighted by molar-refractivity contribution is 0.328. The van der Waals surface area contributed by atoms with Crippen molar-refractivity contribution in [2.24, 2.45) is 0 Å². The second-order valence-electron chi connectivity index (χ2n) is 3.39. The molecule has 18 heavy (non-hydrogen) atoms. The number of hydrogen-bond acceptors (Lipinski definition) is 4. The highest BCUT2D eigenvalue weighted by atomic mass is 35.5. The number of anilines is 1. The lowest BCUT2D eigenvalue weighted by Crippen LogP contribution is -2.27. The highest BCUT2D eigenvalue weighted by Gasteiger charge is 2.32. The van der Waals surface area contributed by atoms with E-state index in [9.17, 15) is 13.3 Å². The summed E-state index contributed by atoms with van der Waals surface area (Å²) >= 11 is 10.6. The van der Waals surface area contributed by atoms with Gasteiger partial charge in [0.05, 0.1) is 18.6 Å². The molecule has 1 aromatic rings. The second-order valence-corrected chi connectivity index (χ2v) is 9.00. The zero-order valence-corrected chi connectivity index (χ0v) is 13.1. The first kappa shape index (κ1) is 15.9. The van der Waals surface area contributed by atoms with E-state index in [1.807, 2.05) is 0 Å². The maximum Gasteiger partial charge on any atom is 0.301 e. The lowest BCUT2D eigenvalue weighted by atomic mass is 10.3. The Kier molecular flexibility index (Phi) is 5.17. The van der Waals surface area contributed by atoms with Crippen LogP contribution in [0, 0.1) is 0 Å². The Balaban J connectivity index is 3.32. The average Bonchev–Trinajstić information content (AvgIpc) is 2.18. The van der Waals surface area contributed by atoms with Crippen LogP contribution in [-0.2, 0) is 26.4 Å². The van der Waals surface area contributed by atoms with Crippen LogP contribution < -0.4 is 4.08 Å². The van der Waals surface area contributed by atoms with Gasteiger partial charge in [-0.3, -0.25) is 0 Å². The molecule has 0 aliphatic carbocycles. The summed E-state index contributed by atoms with van der Waals surface area (Å²) in [6.07, 6.45) is 0.956. The van der Waals surface area contributed by atoms with Crippen LogP contribution in [0.2, 0.25) is 5.02 Å². The van der Waals surface area contributed by atoms with Crippen molar-refractivity contribution in [3.63, 3.8) is 0 Å². The number of hydrogen-bond donors (Lipinski definition) is 1. The number of halogens is 1. The molecular formula is C9H13ClNO4PS2. The fraction of sp³-hybridized carbons (Fsp3) is 0.333. The van der Waals surface area contributed by atoms with Crippen LogP contribution >= 0.6 is 18.2 Å². The first-order chi connectivity index (χ1) is 8.18. The van der Waals surface area contributed by atoms with Gasteiger partial charge in [-0.15, -0.1) is 0 Å². The Bertz CT molecular complexity index is 560. The Hall–Kier alpha value is -0.170. The average molecular weight is 330 g/mol. The molecule has 0 aromatic heterocycles. The first-order valence-corrected chi connectivity index (χ1v) is 9.77. The minimum absolute atomic E-state index is 0.118. The molecule has 0 saturated carbocycles. The molecule has 102 valence electrons. The summed E-state index contributed by atoms with van der Waals surface area (Å²) < 4.78 is 29.2. The molecule has 0 heterocycles. The molecule has 0 saturated heterocycles. The van der Waals surface area contributed by atoms with Gasteiger partial charge in [0.2, 0.25) is 10.0 Å². The third-order valence-electron chi connectivity index (χ3n) is 1.89. The molecule has 0 aliphatic rings. The fourth-order valence-corrected chi connectivity index (χ4v) is 6.14. The van der Waals surface area contributed by atoms with Gasteiger partial charge in [0.1, 0.15) is 0 Å². The van der Waals surface area contributed by atoms with Crippen molar-refractivity contribution in [1.82, 2.24) is 0 Å². The Morgan fingerprint density at radius 3 is 2.33 bits per heavy atom. The van der Waals surface area contributed by atoms with Gasteiger partial charge >= 0.3 is 6.64 Å². The smallest absolute Gasteiger partial charge is 0.301 e. The third kappa shape index (κ3) is 3.91. The van der Waals surface area contributed by atoms with E-state index in [1.165, 1.54) is 24.3 Å². The van der Waals surface area contributed by atoms with Crippen molar-refractivity contribution < 1.29 is 17.8 Å². The summed E-state index contributed by atoms with van der Waals surface area (Å²) in [4.78, 5) is 10.1. The number of benzene rings is 1. The van der Waals surface area contributed by atoms with Gasteiger partial charge in [-0.05, 0) is 43.0 Å². The maximum atomic E-state index is 11.8. The van der Waals surface area contributed by atoms with E-state index < -0.39 is 16.7 Å². The normalized spacial score (nSPS) is 15.1. The fourth-order valence-electron chi connectivity index (χ4n) is 1.31. The molecule has 1 rings (SSSR count). The topological polar surface area (TPSA) is 66.8 Å². The predicted molar refractivity (Wildman–Crippen MR) is 76.9 cm³/mol. The van der Waals surface area contributed by atoms with Crippen LogP contribution in [-0.4, -0.2) is 26.2 Å². The molecule has 0 aliphatic heterocycles. The van der Waals surface area contributed by atoms with Crippen LogP contribution in [0.4, 0.5) is 5.69 Å². The summed E-state index contributed by atoms with van der Waals surface area (Å²) in [5.41, 5.74) is 0.223. The molecule has 1 N–H and O–H groups in total. The summed E-state index contributed by atoms with van der Waals surface area (Å²) in [7, 11) is -3.75. The van der Waals surface area contributed by atoms with Crippen molar-refractivity contribution >= 4 is 45.8 Å². The van der Waals surface area contributed by atoms with E-state index in [2.05, 4.69) is 0 Å². The Morgan fingerprint density at radius 1 is 1.44 bits per heavy atom. The van der Waals surface area contributed by atoms with E-state index >= 15 is 0 Å². The van der Waals surface area contributed by atoms with Crippen molar-refractivity contribution in [2.75, 3.05) is 16.9 Å². The largest absolute Gasteiger partial charge is 0.329 e. The van der Waals surface area contributed by atoms with Crippen LogP contribution in [0.15, 0.2) is 24.3 Å². The van der Waals surface area contributed by atoms with Crippen molar-refractivity contribution in [3.8, 4) is 0 Å². The Labute approximate surface area is 117 Å². The monoisotopic (exact) mass is 329 g/mol. The van der Waals surface area contributed by atoms with Crippen molar-refractivity contribution in [3.05, 3.63) is 29.3 Å². The summed E-state index contributed by atoms with van der Waals surface area (Å²) in [6, 6.07) is 5.94. The quantitative estimate of drug-likeness (QED) is 0.840. The van der Waals surface area contributed by atoms with Crippen LogP contribution in [0.25, 0.3) is 0 Å².